The van der Waals surface area contributed by atoms with Crippen LogP contribution in [0.15, 0.2) is 122 Å². The van der Waals surface area contributed by atoms with Gasteiger partial charge in [-0.25, -0.2) is 0 Å². The van der Waals surface area contributed by atoms with Crippen LogP contribution in [-0.4, -0.2) is 9.55 Å². The van der Waals surface area contributed by atoms with E-state index in [0.29, 0.717) is 0 Å². The lowest BCUT2D eigenvalue weighted by Gasteiger charge is -2.16. The molecule has 2 heteroatoms. The standard InChI is InChI=1S/C29H20N2/c1-2-9-21(10-3-1)25-17-22-11-4-6-14-26(22)29(19-25)31-27-15-7-5-12-23(27)18-28(31)24-13-8-16-30-20-24/h1-20H/i28+1. The summed E-state index contributed by atoms with van der Waals surface area (Å²) in [5.41, 5.74) is 7.05. The highest BCUT2D eigenvalue weighted by atomic mass is 15.1. The molecule has 4 aromatic carbocycles. The number of fused-ring (bicyclic) bond motifs is 2. The van der Waals surface area contributed by atoms with Gasteiger partial charge in [0, 0.05) is 28.7 Å². The minimum Gasteiger partial charge on any atom is -0.309 e. The molecule has 0 N–H and O–H groups in total. The number of hydrogen-bond acceptors (Lipinski definition) is 1. The van der Waals surface area contributed by atoms with Gasteiger partial charge >= 0.3 is 0 Å². The second-order valence-electron chi connectivity index (χ2n) is 7.75. The summed E-state index contributed by atoms with van der Waals surface area (Å²) in [6.07, 6.45) is 3.76. The summed E-state index contributed by atoms with van der Waals surface area (Å²) < 4.78 is 2.38. The predicted octanol–water partition coefficient (Wildman–Crippen LogP) is 7.51. The summed E-state index contributed by atoms with van der Waals surface area (Å²) in [5.74, 6) is 0. The lowest BCUT2D eigenvalue weighted by atomic mass is 9.99. The summed E-state index contributed by atoms with van der Waals surface area (Å²) in [4.78, 5) is 4.38. The Bertz CT molecular complexity index is 1510. The Hall–Kier alpha value is -4.17. The van der Waals surface area contributed by atoms with Gasteiger partial charge in [0.15, 0.2) is 0 Å². The second-order valence-corrected chi connectivity index (χ2v) is 7.75. The van der Waals surface area contributed by atoms with E-state index >= 15 is 0 Å². The smallest absolute Gasteiger partial charge is 0.0556 e. The minimum absolute atomic E-state index is 1.10. The van der Waals surface area contributed by atoms with E-state index in [2.05, 4.69) is 113 Å². The highest BCUT2D eigenvalue weighted by Gasteiger charge is 2.15. The topological polar surface area (TPSA) is 17.8 Å². The number of nitrogens with zero attached hydrogens (tertiary/aromatic N) is 2. The molecule has 6 rings (SSSR count). The van der Waals surface area contributed by atoms with Crippen molar-refractivity contribution in [3.8, 4) is 28.1 Å². The van der Waals surface area contributed by atoms with Crippen molar-refractivity contribution in [2.45, 2.75) is 0 Å². The molecule has 0 spiro atoms. The van der Waals surface area contributed by atoms with Gasteiger partial charge in [-0.3, -0.25) is 4.98 Å². The Morgan fingerprint density at radius 1 is 0.548 bits per heavy atom. The Labute approximate surface area is 181 Å². The molecule has 0 radical (unpaired) electrons. The molecule has 146 valence electrons. The van der Waals surface area contributed by atoms with Crippen molar-refractivity contribution in [2.75, 3.05) is 0 Å². The third-order valence-electron chi connectivity index (χ3n) is 5.86. The third-order valence-corrected chi connectivity index (χ3v) is 5.86. The number of hydrogen-bond donors (Lipinski definition) is 0. The molecule has 2 nitrogen and oxygen atoms in total. The summed E-state index contributed by atoms with van der Waals surface area (Å²) in [5, 5.41) is 3.68. The largest absolute Gasteiger partial charge is 0.309 e. The van der Waals surface area contributed by atoms with Crippen molar-refractivity contribution < 1.29 is 0 Å². The molecule has 0 atom stereocenters. The zero-order valence-electron chi connectivity index (χ0n) is 16.9. The van der Waals surface area contributed by atoms with Gasteiger partial charge in [0.25, 0.3) is 0 Å². The molecule has 0 unspecified atom stereocenters. The van der Waals surface area contributed by atoms with Crippen LogP contribution in [0.1, 0.15) is 0 Å². The lowest BCUT2D eigenvalue weighted by molar-refractivity contribution is 1.14. The molecule has 0 aliphatic heterocycles. The van der Waals surface area contributed by atoms with Gasteiger partial charge in [0.2, 0.25) is 0 Å². The average molecular weight is 397 g/mol. The van der Waals surface area contributed by atoms with Gasteiger partial charge in [-0.15, -0.1) is 0 Å². The van der Waals surface area contributed by atoms with E-state index in [1.165, 1.54) is 38.5 Å². The Morgan fingerprint density at radius 2 is 1.29 bits per heavy atom. The highest BCUT2D eigenvalue weighted by molar-refractivity contribution is 5.98. The van der Waals surface area contributed by atoms with Gasteiger partial charge in [0.1, 0.15) is 0 Å². The molecule has 2 heterocycles. The van der Waals surface area contributed by atoms with Crippen molar-refractivity contribution >= 4 is 21.7 Å². The molecule has 6 aromatic rings. The summed E-state index contributed by atoms with van der Waals surface area (Å²) >= 11 is 0. The third kappa shape index (κ3) is 3.01. The van der Waals surface area contributed by atoms with Crippen LogP contribution < -0.4 is 0 Å². The molecule has 31 heavy (non-hydrogen) atoms. The molecular formula is C29H20N2. The fourth-order valence-corrected chi connectivity index (χ4v) is 4.41. The van der Waals surface area contributed by atoms with E-state index in [9.17, 15) is 0 Å². The fraction of sp³-hybridized carbons (Fsp3) is 0. The van der Waals surface area contributed by atoms with Crippen LogP contribution in [0.2, 0.25) is 0 Å². The molecule has 2 aromatic heterocycles. The van der Waals surface area contributed by atoms with Crippen LogP contribution in [0, 0.1) is 0 Å². The number of pyridine rings is 1. The predicted molar refractivity (Wildman–Crippen MR) is 129 cm³/mol. The zero-order chi connectivity index (χ0) is 20.6. The van der Waals surface area contributed by atoms with E-state index in [4.69, 9.17) is 0 Å². The SMILES string of the molecule is c1ccc(-c2cc(-n3c4ccccc4c[13c]3-c3cccnc3)c3ccccc3c2)cc1. The lowest BCUT2D eigenvalue weighted by Crippen LogP contribution is -1.99. The second kappa shape index (κ2) is 7.26. The van der Waals surface area contributed by atoms with E-state index in [0.717, 1.165) is 11.3 Å². The van der Waals surface area contributed by atoms with E-state index in [-0.39, 0.29) is 0 Å². The van der Waals surface area contributed by atoms with E-state index in [1.807, 2.05) is 18.5 Å². The number of rotatable bonds is 3. The van der Waals surface area contributed by atoms with Crippen molar-refractivity contribution in [3.63, 3.8) is 0 Å². The number of para-hydroxylation sites is 1. The van der Waals surface area contributed by atoms with E-state index in [1.54, 1.807) is 0 Å². The molecule has 0 saturated carbocycles. The van der Waals surface area contributed by atoms with Gasteiger partial charge in [0.05, 0.1) is 16.9 Å². The number of benzene rings is 4. The molecule has 0 saturated heterocycles. The van der Waals surface area contributed by atoms with E-state index < -0.39 is 0 Å². The zero-order valence-corrected chi connectivity index (χ0v) is 16.9. The maximum Gasteiger partial charge on any atom is 0.0556 e. The monoisotopic (exact) mass is 397 g/mol. The Kier molecular flexibility index (Phi) is 4.14. The Morgan fingerprint density at radius 3 is 2.13 bits per heavy atom. The van der Waals surface area contributed by atoms with Gasteiger partial charge in [-0.05, 0) is 52.9 Å². The first-order chi connectivity index (χ1) is 15.4. The van der Waals surface area contributed by atoms with Gasteiger partial charge in [-0.2, -0.15) is 0 Å². The molecule has 0 aliphatic carbocycles. The molecular weight excluding hydrogens is 377 g/mol. The van der Waals surface area contributed by atoms with Crippen LogP contribution in [0.3, 0.4) is 0 Å². The Balaban J connectivity index is 1.73. The maximum atomic E-state index is 4.38. The summed E-state index contributed by atoms with van der Waals surface area (Å²) in [6, 6.07) is 38.8. The first-order valence-electron chi connectivity index (χ1n) is 10.5. The van der Waals surface area contributed by atoms with Crippen molar-refractivity contribution in [3.05, 3.63) is 122 Å². The van der Waals surface area contributed by atoms with Crippen molar-refractivity contribution in [2.24, 2.45) is 0 Å². The summed E-state index contributed by atoms with van der Waals surface area (Å²) in [6.45, 7) is 0. The average Bonchev–Trinajstić information content (AvgIpc) is 3.24. The van der Waals surface area contributed by atoms with Crippen LogP contribution in [0.4, 0.5) is 0 Å². The normalized spacial score (nSPS) is 11.2. The maximum absolute atomic E-state index is 4.38. The van der Waals surface area contributed by atoms with Gasteiger partial charge in [-0.1, -0.05) is 72.8 Å². The van der Waals surface area contributed by atoms with Crippen LogP contribution in [0.5, 0.6) is 0 Å². The van der Waals surface area contributed by atoms with Crippen LogP contribution in [0.25, 0.3) is 49.7 Å². The molecule has 0 aliphatic rings. The van der Waals surface area contributed by atoms with Crippen LogP contribution in [-0.2, 0) is 0 Å². The molecule has 0 amide bonds. The van der Waals surface area contributed by atoms with Crippen LogP contribution >= 0.6 is 0 Å². The first kappa shape index (κ1) is 17.7. The highest BCUT2D eigenvalue weighted by Crippen LogP contribution is 2.36. The quantitative estimate of drug-likeness (QED) is 0.302. The summed E-state index contributed by atoms with van der Waals surface area (Å²) in [7, 11) is 0. The minimum atomic E-state index is 1.10. The molecule has 0 fully saturated rings. The van der Waals surface area contributed by atoms with Crippen molar-refractivity contribution in [1.82, 2.24) is 9.55 Å². The number of aromatic nitrogens is 2. The fourth-order valence-electron chi connectivity index (χ4n) is 4.41. The first-order valence-corrected chi connectivity index (χ1v) is 10.5. The molecule has 0 bridgehead atoms. The van der Waals surface area contributed by atoms with Gasteiger partial charge < -0.3 is 4.57 Å². The van der Waals surface area contributed by atoms with Crippen molar-refractivity contribution in [1.29, 1.82) is 0 Å².